The Hall–Kier alpha value is -1.76. The van der Waals surface area contributed by atoms with Gasteiger partial charge in [0.05, 0.1) is 5.56 Å². The van der Waals surface area contributed by atoms with Gasteiger partial charge in [-0.15, -0.1) is 0 Å². The van der Waals surface area contributed by atoms with Gasteiger partial charge in [0.15, 0.2) is 0 Å². The summed E-state index contributed by atoms with van der Waals surface area (Å²) in [6.45, 7) is 3.83. The van der Waals surface area contributed by atoms with Crippen molar-refractivity contribution in [2.45, 2.75) is 32.5 Å². The van der Waals surface area contributed by atoms with Gasteiger partial charge >= 0.3 is 12.2 Å². The van der Waals surface area contributed by atoms with Gasteiger partial charge in [-0.3, -0.25) is 0 Å². The molecular weight excluding hydrogens is 309 g/mol. The Morgan fingerprint density at radius 3 is 2.57 bits per heavy atom. The second-order valence-electron chi connectivity index (χ2n) is 5.76. The van der Waals surface area contributed by atoms with Crippen LogP contribution in [0.4, 0.5) is 18.0 Å². The van der Waals surface area contributed by atoms with E-state index in [1.165, 1.54) is 6.07 Å². The van der Waals surface area contributed by atoms with E-state index in [4.69, 9.17) is 4.74 Å². The van der Waals surface area contributed by atoms with Crippen LogP contribution in [0.5, 0.6) is 0 Å². The average Bonchev–Trinajstić information content (AvgIpc) is 2.51. The van der Waals surface area contributed by atoms with Gasteiger partial charge in [-0.1, -0.05) is 6.07 Å². The van der Waals surface area contributed by atoms with Crippen molar-refractivity contribution in [1.29, 1.82) is 0 Å². The van der Waals surface area contributed by atoms with Crippen molar-refractivity contribution in [3.8, 4) is 0 Å². The highest BCUT2D eigenvalue weighted by molar-refractivity contribution is 5.73. The van der Waals surface area contributed by atoms with Crippen LogP contribution >= 0.6 is 0 Å². The van der Waals surface area contributed by atoms with Crippen LogP contribution in [0.15, 0.2) is 18.2 Å². The Balaban J connectivity index is 1.79. The minimum Gasteiger partial charge on any atom is -0.381 e. The number of urea groups is 1. The highest BCUT2D eigenvalue weighted by Crippen LogP contribution is 2.30. The van der Waals surface area contributed by atoms with Crippen LogP contribution in [0, 0.1) is 12.8 Å². The normalized spacial score (nSPS) is 16.2. The summed E-state index contributed by atoms with van der Waals surface area (Å²) in [6.07, 6.45) is -2.49. The molecule has 2 N–H and O–H groups in total. The third-order valence-electron chi connectivity index (χ3n) is 4.00. The summed E-state index contributed by atoms with van der Waals surface area (Å²) in [5, 5.41) is 5.47. The molecule has 1 aliphatic heterocycles. The third-order valence-corrected chi connectivity index (χ3v) is 4.00. The first kappa shape index (κ1) is 17.6. The molecule has 0 radical (unpaired) electrons. The number of hydrogen-bond donors (Lipinski definition) is 2. The van der Waals surface area contributed by atoms with Crippen molar-refractivity contribution in [2.75, 3.05) is 19.8 Å². The fourth-order valence-electron chi connectivity index (χ4n) is 2.50. The lowest BCUT2D eigenvalue weighted by molar-refractivity contribution is -0.137. The number of carbonyl (C=O) groups excluding carboxylic acids is 1. The molecule has 4 nitrogen and oxygen atoms in total. The fraction of sp³-hybridized carbons (Fsp3) is 0.562. The van der Waals surface area contributed by atoms with E-state index < -0.39 is 11.7 Å². The van der Waals surface area contributed by atoms with Crippen molar-refractivity contribution in [3.63, 3.8) is 0 Å². The molecule has 1 aromatic rings. The molecule has 1 aliphatic rings. The van der Waals surface area contributed by atoms with Gasteiger partial charge < -0.3 is 15.4 Å². The maximum Gasteiger partial charge on any atom is 0.416 e. The molecule has 23 heavy (non-hydrogen) atoms. The minimum atomic E-state index is -4.35. The number of amides is 2. The SMILES string of the molecule is Cc1cc(C(F)(F)F)ccc1CNC(=O)NCC1CCOCC1. The second-order valence-corrected chi connectivity index (χ2v) is 5.76. The van der Waals surface area contributed by atoms with E-state index in [0.29, 0.717) is 23.6 Å². The zero-order valence-corrected chi connectivity index (χ0v) is 13.0. The number of hydrogen-bond acceptors (Lipinski definition) is 2. The summed E-state index contributed by atoms with van der Waals surface area (Å²) in [5.74, 6) is 0.419. The first-order chi connectivity index (χ1) is 10.9. The molecule has 2 rings (SSSR count). The number of ether oxygens (including phenoxy) is 1. The van der Waals surface area contributed by atoms with Gasteiger partial charge in [0, 0.05) is 26.3 Å². The Labute approximate surface area is 133 Å². The lowest BCUT2D eigenvalue weighted by atomic mass is 10.0. The lowest BCUT2D eigenvalue weighted by Crippen LogP contribution is -2.39. The lowest BCUT2D eigenvalue weighted by Gasteiger charge is -2.22. The van der Waals surface area contributed by atoms with E-state index in [-0.39, 0.29) is 12.6 Å². The second kappa shape index (κ2) is 7.68. The molecular formula is C16H21F3N2O2. The van der Waals surface area contributed by atoms with E-state index in [1.54, 1.807) is 6.92 Å². The smallest absolute Gasteiger partial charge is 0.381 e. The molecule has 0 atom stereocenters. The van der Waals surface area contributed by atoms with E-state index in [9.17, 15) is 18.0 Å². The van der Waals surface area contributed by atoms with Gasteiger partial charge in [0.2, 0.25) is 0 Å². The topological polar surface area (TPSA) is 50.4 Å². The van der Waals surface area contributed by atoms with E-state index in [0.717, 1.165) is 38.2 Å². The number of rotatable bonds is 4. The number of halogens is 3. The molecule has 0 spiro atoms. The summed E-state index contributed by atoms with van der Waals surface area (Å²) >= 11 is 0. The maximum absolute atomic E-state index is 12.6. The maximum atomic E-state index is 12.6. The predicted molar refractivity (Wildman–Crippen MR) is 80.0 cm³/mol. The van der Waals surface area contributed by atoms with Crippen molar-refractivity contribution in [2.24, 2.45) is 5.92 Å². The third kappa shape index (κ3) is 5.42. The molecule has 1 aromatic carbocycles. The van der Waals surface area contributed by atoms with Gasteiger partial charge in [0.25, 0.3) is 0 Å². The predicted octanol–water partition coefficient (Wildman–Crippen LogP) is 3.24. The van der Waals surface area contributed by atoms with Gasteiger partial charge in [-0.2, -0.15) is 13.2 Å². The molecule has 1 heterocycles. The fourth-order valence-corrected chi connectivity index (χ4v) is 2.50. The number of nitrogens with one attached hydrogen (secondary N) is 2. The van der Waals surface area contributed by atoms with Crippen molar-refractivity contribution in [3.05, 3.63) is 34.9 Å². The average molecular weight is 330 g/mol. The molecule has 0 aromatic heterocycles. The number of aryl methyl sites for hydroxylation is 1. The van der Waals surface area contributed by atoms with E-state index >= 15 is 0 Å². The summed E-state index contributed by atoms with van der Waals surface area (Å²) < 4.78 is 43.1. The molecule has 128 valence electrons. The highest BCUT2D eigenvalue weighted by atomic mass is 19.4. The van der Waals surface area contributed by atoms with E-state index in [2.05, 4.69) is 10.6 Å². The Morgan fingerprint density at radius 1 is 1.26 bits per heavy atom. The summed E-state index contributed by atoms with van der Waals surface area (Å²) in [6, 6.07) is 3.22. The zero-order chi connectivity index (χ0) is 16.9. The molecule has 0 bridgehead atoms. The van der Waals surface area contributed by atoms with Crippen LogP contribution in [-0.4, -0.2) is 25.8 Å². The Bertz CT molecular complexity index is 541. The molecule has 1 saturated heterocycles. The summed E-state index contributed by atoms with van der Waals surface area (Å²) in [4.78, 5) is 11.8. The molecule has 0 unspecified atom stereocenters. The van der Waals surface area contributed by atoms with E-state index in [1.807, 2.05) is 0 Å². The largest absolute Gasteiger partial charge is 0.416 e. The standard InChI is InChI=1S/C16H21F3N2O2/c1-11-8-14(16(17,18)19)3-2-13(11)10-21-15(22)20-9-12-4-6-23-7-5-12/h2-3,8,12H,4-7,9-10H2,1H3,(H2,20,21,22). The van der Waals surface area contributed by atoms with Crippen molar-refractivity contribution < 1.29 is 22.7 Å². The minimum absolute atomic E-state index is 0.198. The van der Waals surface area contributed by atoms with Gasteiger partial charge in [0.1, 0.15) is 0 Å². The van der Waals surface area contributed by atoms with Crippen molar-refractivity contribution >= 4 is 6.03 Å². The van der Waals surface area contributed by atoms with Crippen LogP contribution in [0.3, 0.4) is 0 Å². The van der Waals surface area contributed by atoms with Crippen LogP contribution in [-0.2, 0) is 17.5 Å². The van der Waals surface area contributed by atoms with Gasteiger partial charge in [-0.25, -0.2) is 4.79 Å². The molecule has 2 amide bonds. The number of alkyl halides is 3. The molecule has 0 aliphatic carbocycles. The highest BCUT2D eigenvalue weighted by Gasteiger charge is 2.30. The van der Waals surface area contributed by atoms with Crippen molar-refractivity contribution in [1.82, 2.24) is 10.6 Å². The Kier molecular flexibility index (Phi) is 5.87. The summed E-state index contributed by atoms with van der Waals surface area (Å²) in [5.41, 5.74) is 0.492. The molecule has 1 fully saturated rings. The number of carbonyl (C=O) groups is 1. The van der Waals surface area contributed by atoms with Crippen LogP contribution in [0.1, 0.15) is 29.5 Å². The van der Waals surface area contributed by atoms with Crippen LogP contribution in [0.2, 0.25) is 0 Å². The number of benzene rings is 1. The molecule has 0 saturated carbocycles. The van der Waals surface area contributed by atoms with Gasteiger partial charge in [-0.05, 0) is 48.9 Å². The zero-order valence-electron chi connectivity index (χ0n) is 13.0. The Morgan fingerprint density at radius 2 is 1.96 bits per heavy atom. The monoisotopic (exact) mass is 330 g/mol. The van der Waals surface area contributed by atoms with Crippen LogP contribution < -0.4 is 10.6 Å². The summed E-state index contributed by atoms with van der Waals surface area (Å²) in [7, 11) is 0. The first-order valence-corrected chi connectivity index (χ1v) is 7.62. The molecule has 7 heteroatoms. The first-order valence-electron chi connectivity index (χ1n) is 7.62. The van der Waals surface area contributed by atoms with Crippen LogP contribution in [0.25, 0.3) is 0 Å². The quantitative estimate of drug-likeness (QED) is 0.890.